The molecule has 96 valence electrons. The third kappa shape index (κ3) is 2.16. The molecule has 0 aliphatic rings. The molecule has 18 heavy (non-hydrogen) atoms. The number of benzene rings is 1. The van der Waals surface area contributed by atoms with Crippen molar-refractivity contribution in [3.63, 3.8) is 0 Å². The largest absolute Gasteiger partial charge is 0.467 e. The van der Waals surface area contributed by atoms with Crippen molar-refractivity contribution in [2.75, 3.05) is 7.11 Å². The first kappa shape index (κ1) is 13.5. The summed E-state index contributed by atoms with van der Waals surface area (Å²) in [4.78, 5) is 14.5. The number of H-pyrrole nitrogens is 1. The Morgan fingerprint density at radius 3 is 2.89 bits per heavy atom. The quantitative estimate of drug-likeness (QED) is 0.495. The molecule has 4 nitrogen and oxygen atoms in total. The molecule has 1 N–H and O–H groups in total. The van der Waals surface area contributed by atoms with Crippen molar-refractivity contribution in [2.45, 2.75) is 13.0 Å². The molecular weight excluding hydrogens is 370 g/mol. The molecule has 0 aliphatic carbocycles. The Labute approximate surface area is 121 Å². The lowest BCUT2D eigenvalue weighted by atomic mass is 10.2. The Morgan fingerprint density at radius 2 is 2.28 bits per heavy atom. The van der Waals surface area contributed by atoms with Gasteiger partial charge in [0.05, 0.1) is 21.7 Å². The molecule has 1 heterocycles. The highest BCUT2D eigenvalue weighted by Gasteiger charge is 2.19. The standard InChI is InChI=1S/C11H10FIN2O2S/c1-5(10(16)17-2)15-9-3-6(12)7(13)4-8(9)14-11(15)18/h3-5H,1-2H3,(H,14,18). The minimum atomic E-state index is -0.601. The number of esters is 1. The number of aromatic amines is 1. The van der Waals surface area contributed by atoms with Crippen molar-refractivity contribution in [1.29, 1.82) is 0 Å². The van der Waals surface area contributed by atoms with Gasteiger partial charge in [0.1, 0.15) is 11.9 Å². The highest BCUT2D eigenvalue weighted by Crippen LogP contribution is 2.23. The maximum absolute atomic E-state index is 13.6. The van der Waals surface area contributed by atoms with Gasteiger partial charge in [0.25, 0.3) is 0 Å². The second-order valence-corrected chi connectivity index (χ2v) is 5.33. The van der Waals surface area contributed by atoms with E-state index < -0.39 is 12.0 Å². The molecule has 1 unspecified atom stereocenters. The van der Waals surface area contributed by atoms with Crippen LogP contribution in [0, 0.1) is 14.2 Å². The molecular formula is C11H10FIN2O2S. The van der Waals surface area contributed by atoms with E-state index in [0.717, 1.165) is 0 Å². The highest BCUT2D eigenvalue weighted by atomic mass is 127. The number of halogens is 2. The van der Waals surface area contributed by atoms with Gasteiger partial charge in [-0.1, -0.05) is 0 Å². The summed E-state index contributed by atoms with van der Waals surface area (Å²) >= 11 is 7.06. The average Bonchev–Trinajstić information content (AvgIpc) is 2.63. The van der Waals surface area contributed by atoms with Crippen molar-refractivity contribution in [3.05, 3.63) is 26.3 Å². The van der Waals surface area contributed by atoms with Crippen LogP contribution in [0.25, 0.3) is 11.0 Å². The fourth-order valence-electron chi connectivity index (χ4n) is 1.78. The number of hydrogen-bond acceptors (Lipinski definition) is 3. The molecule has 0 amide bonds. The number of nitrogens with zero attached hydrogens (tertiary/aromatic N) is 1. The summed E-state index contributed by atoms with van der Waals surface area (Å²) in [6, 6.07) is 2.42. The van der Waals surface area contributed by atoms with E-state index in [4.69, 9.17) is 12.2 Å². The average molecular weight is 380 g/mol. The van der Waals surface area contributed by atoms with Crippen LogP contribution in [0.4, 0.5) is 4.39 Å². The van der Waals surface area contributed by atoms with Crippen LogP contribution < -0.4 is 0 Å². The van der Waals surface area contributed by atoms with Crippen LogP contribution in [0.15, 0.2) is 12.1 Å². The zero-order valence-electron chi connectivity index (χ0n) is 9.66. The number of hydrogen-bond donors (Lipinski definition) is 1. The van der Waals surface area contributed by atoms with Gasteiger partial charge in [-0.05, 0) is 47.8 Å². The molecule has 2 rings (SSSR count). The Morgan fingerprint density at radius 1 is 1.61 bits per heavy atom. The van der Waals surface area contributed by atoms with Gasteiger partial charge in [0.2, 0.25) is 0 Å². The summed E-state index contributed by atoms with van der Waals surface area (Å²) in [5.74, 6) is -0.770. The summed E-state index contributed by atoms with van der Waals surface area (Å²) in [5.41, 5.74) is 1.25. The van der Waals surface area contributed by atoms with Crippen LogP contribution in [-0.2, 0) is 9.53 Å². The van der Waals surface area contributed by atoms with E-state index in [1.165, 1.54) is 13.2 Å². The first-order valence-electron chi connectivity index (χ1n) is 5.12. The molecule has 0 spiro atoms. The molecule has 0 saturated carbocycles. The van der Waals surface area contributed by atoms with Crippen LogP contribution in [0.3, 0.4) is 0 Å². The molecule has 7 heteroatoms. The predicted octanol–water partition coefficient (Wildman–Crippen LogP) is 3.18. The minimum absolute atomic E-state index is 0.345. The van der Waals surface area contributed by atoms with E-state index in [1.54, 1.807) is 17.6 Å². The predicted molar refractivity (Wildman–Crippen MR) is 76.5 cm³/mol. The number of carbonyl (C=O) groups is 1. The summed E-state index contributed by atoms with van der Waals surface area (Å²) in [6.45, 7) is 1.66. The normalized spacial score (nSPS) is 12.7. The van der Waals surface area contributed by atoms with Crippen molar-refractivity contribution in [1.82, 2.24) is 9.55 Å². The van der Waals surface area contributed by atoms with Crippen molar-refractivity contribution in [2.24, 2.45) is 0 Å². The van der Waals surface area contributed by atoms with Gasteiger partial charge in [-0.15, -0.1) is 0 Å². The van der Waals surface area contributed by atoms with E-state index >= 15 is 0 Å². The Hall–Kier alpha value is -0.960. The van der Waals surface area contributed by atoms with Crippen LogP contribution in [0.2, 0.25) is 0 Å². The van der Waals surface area contributed by atoms with Crippen molar-refractivity contribution < 1.29 is 13.9 Å². The third-order valence-corrected chi connectivity index (χ3v) is 3.81. The van der Waals surface area contributed by atoms with Gasteiger partial charge in [-0.25, -0.2) is 9.18 Å². The summed E-state index contributed by atoms with van der Waals surface area (Å²) in [7, 11) is 1.31. The number of fused-ring (bicyclic) bond motifs is 1. The van der Waals surface area contributed by atoms with Gasteiger partial charge in [-0.2, -0.15) is 0 Å². The topological polar surface area (TPSA) is 47.0 Å². The molecule has 2 aromatic rings. The smallest absolute Gasteiger partial charge is 0.328 e. The number of carbonyl (C=O) groups excluding carboxylic acids is 1. The van der Waals surface area contributed by atoms with E-state index in [1.807, 2.05) is 22.6 Å². The molecule has 1 aromatic carbocycles. The maximum atomic E-state index is 13.6. The van der Waals surface area contributed by atoms with Gasteiger partial charge >= 0.3 is 5.97 Å². The Kier molecular flexibility index (Phi) is 3.71. The zero-order valence-corrected chi connectivity index (χ0v) is 12.6. The molecule has 1 atom stereocenters. The van der Waals surface area contributed by atoms with Crippen LogP contribution in [0.5, 0.6) is 0 Å². The molecule has 0 radical (unpaired) electrons. The zero-order chi connectivity index (χ0) is 13.4. The molecule has 0 fully saturated rings. The number of rotatable bonds is 2. The van der Waals surface area contributed by atoms with Crippen molar-refractivity contribution in [3.8, 4) is 0 Å². The number of ether oxygens (including phenoxy) is 1. The van der Waals surface area contributed by atoms with Gasteiger partial charge in [0, 0.05) is 6.07 Å². The highest BCUT2D eigenvalue weighted by molar-refractivity contribution is 14.1. The number of methoxy groups -OCH3 is 1. The first-order chi connectivity index (χ1) is 8.45. The molecule has 0 aliphatic heterocycles. The van der Waals surface area contributed by atoms with Crippen LogP contribution >= 0.6 is 34.8 Å². The van der Waals surface area contributed by atoms with E-state index in [2.05, 4.69) is 9.72 Å². The Balaban J connectivity index is 2.71. The monoisotopic (exact) mass is 380 g/mol. The first-order valence-corrected chi connectivity index (χ1v) is 6.61. The lowest BCUT2D eigenvalue weighted by Gasteiger charge is -2.12. The third-order valence-electron chi connectivity index (χ3n) is 2.69. The van der Waals surface area contributed by atoms with Crippen LogP contribution in [0.1, 0.15) is 13.0 Å². The Bertz CT molecular complexity index is 679. The molecule has 0 saturated heterocycles. The number of imidazole rings is 1. The maximum Gasteiger partial charge on any atom is 0.328 e. The van der Waals surface area contributed by atoms with E-state index in [9.17, 15) is 9.18 Å². The van der Waals surface area contributed by atoms with Gasteiger partial charge < -0.3 is 14.3 Å². The van der Waals surface area contributed by atoms with E-state index in [0.29, 0.717) is 19.4 Å². The van der Waals surface area contributed by atoms with Crippen molar-refractivity contribution >= 4 is 51.8 Å². The molecule has 0 bridgehead atoms. The lowest BCUT2D eigenvalue weighted by Crippen LogP contribution is -2.17. The molecule has 1 aromatic heterocycles. The number of aromatic nitrogens is 2. The fourth-order valence-corrected chi connectivity index (χ4v) is 2.61. The van der Waals surface area contributed by atoms with Gasteiger partial charge in [0.15, 0.2) is 4.77 Å². The summed E-state index contributed by atoms with van der Waals surface area (Å²) in [6.07, 6.45) is 0. The fraction of sp³-hybridized carbons (Fsp3) is 0.273. The van der Waals surface area contributed by atoms with E-state index in [-0.39, 0.29) is 5.82 Å². The second kappa shape index (κ2) is 4.96. The van der Waals surface area contributed by atoms with Gasteiger partial charge in [-0.3, -0.25) is 0 Å². The summed E-state index contributed by atoms with van der Waals surface area (Å²) < 4.78 is 20.7. The minimum Gasteiger partial charge on any atom is -0.467 e. The number of nitrogens with one attached hydrogen (secondary N) is 1. The summed E-state index contributed by atoms with van der Waals surface area (Å²) in [5, 5.41) is 0. The second-order valence-electron chi connectivity index (χ2n) is 3.78. The lowest BCUT2D eigenvalue weighted by molar-refractivity contribution is -0.143. The SMILES string of the molecule is COC(=O)C(C)n1c(=S)[nH]c2cc(I)c(F)cc21. The van der Waals surface area contributed by atoms with Crippen LogP contribution in [-0.4, -0.2) is 22.6 Å².